The lowest BCUT2D eigenvalue weighted by atomic mass is 10.4. The molecule has 19 heavy (non-hydrogen) atoms. The Kier molecular flexibility index (Phi) is 3.10. The number of aryl methyl sites for hydroxylation is 2. The predicted molar refractivity (Wildman–Crippen MR) is 71.8 cm³/mol. The van der Waals surface area contributed by atoms with Crippen molar-refractivity contribution in [2.24, 2.45) is 0 Å². The summed E-state index contributed by atoms with van der Waals surface area (Å²) in [5, 5.41) is 8.00. The summed E-state index contributed by atoms with van der Waals surface area (Å²) < 4.78 is 1.66. The third kappa shape index (κ3) is 2.40. The van der Waals surface area contributed by atoms with Gasteiger partial charge in [0.1, 0.15) is 5.03 Å². The summed E-state index contributed by atoms with van der Waals surface area (Å²) in [7, 11) is 0. The normalized spacial score (nSPS) is 14.9. The maximum atomic E-state index is 11.7. The molecule has 0 amide bonds. The van der Waals surface area contributed by atoms with E-state index in [1.54, 1.807) is 4.57 Å². The van der Waals surface area contributed by atoms with Crippen molar-refractivity contribution in [3.05, 3.63) is 27.0 Å². The van der Waals surface area contributed by atoms with Gasteiger partial charge < -0.3 is 0 Å². The highest BCUT2D eigenvalue weighted by atomic mass is 35.5. The summed E-state index contributed by atoms with van der Waals surface area (Å²) in [5.74, 6) is 0. The SMILES string of the molecule is Cc1nc(Cl)c(Sc2n[nH]c(=O)n2C2CC2)nc1C. The van der Waals surface area contributed by atoms with Gasteiger partial charge in [0.15, 0.2) is 10.3 Å². The van der Waals surface area contributed by atoms with E-state index in [0.717, 1.165) is 24.2 Å². The van der Waals surface area contributed by atoms with Crippen LogP contribution < -0.4 is 5.69 Å². The van der Waals surface area contributed by atoms with Crippen LogP contribution in [0.15, 0.2) is 15.0 Å². The Balaban J connectivity index is 1.98. The van der Waals surface area contributed by atoms with Crippen molar-refractivity contribution in [2.45, 2.75) is 42.9 Å². The zero-order chi connectivity index (χ0) is 13.6. The van der Waals surface area contributed by atoms with Crippen LogP contribution in [0, 0.1) is 13.8 Å². The first-order valence-corrected chi connectivity index (χ1v) is 7.11. The molecule has 1 aliphatic rings. The van der Waals surface area contributed by atoms with E-state index in [4.69, 9.17) is 11.6 Å². The molecule has 6 nitrogen and oxygen atoms in total. The van der Waals surface area contributed by atoms with Gasteiger partial charge in [-0.2, -0.15) is 0 Å². The summed E-state index contributed by atoms with van der Waals surface area (Å²) in [6.45, 7) is 3.73. The summed E-state index contributed by atoms with van der Waals surface area (Å²) in [6, 6.07) is 0.257. The van der Waals surface area contributed by atoms with E-state index in [2.05, 4.69) is 20.2 Å². The molecule has 1 fully saturated rings. The van der Waals surface area contributed by atoms with Crippen molar-refractivity contribution in [1.82, 2.24) is 24.7 Å². The highest BCUT2D eigenvalue weighted by Gasteiger charge is 2.29. The fourth-order valence-corrected chi connectivity index (χ4v) is 2.92. The maximum Gasteiger partial charge on any atom is 0.344 e. The molecule has 0 unspecified atom stereocenters. The average Bonchev–Trinajstić information content (AvgIpc) is 3.12. The van der Waals surface area contributed by atoms with Crippen LogP contribution in [0.3, 0.4) is 0 Å². The van der Waals surface area contributed by atoms with E-state index in [9.17, 15) is 4.79 Å². The van der Waals surface area contributed by atoms with Crippen molar-refractivity contribution in [3.8, 4) is 0 Å². The second-order valence-electron chi connectivity index (χ2n) is 4.50. The highest BCUT2D eigenvalue weighted by molar-refractivity contribution is 7.99. The molecule has 2 heterocycles. The van der Waals surface area contributed by atoms with Crippen LogP contribution in [0.4, 0.5) is 0 Å². The molecule has 0 bridgehead atoms. The zero-order valence-corrected chi connectivity index (χ0v) is 12.0. The highest BCUT2D eigenvalue weighted by Crippen LogP contribution is 2.38. The van der Waals surface area contributed by atoms with E-state index >= 15 is 0 Å². The monoisotopic (exact) mass is 297 g/mol. The summed E-state index contributed by atoms with van der Waals surface area (Å²) >= 11 is 7.35. The smallest absolute Gasteiger partial charge is 0.267 e. The molecule has 1 aliphatic carbocycles. The van der Waals surface area contributed by atoms with Crippen LogP contribution in [0.5, 0.6) is 0 Å². The van der Waals surface area contributed by atoms with E-state index in [-0.39, 0.29) is 11.7 Å². The van der Waals surface area contributed by atoms with E-state index in [1.807, 2.05) is 13.8 Å². The number of nitrogens with zero attached hydrogens (tertiary/aromatic N) is 4. The van der Waals surface area contributed by atoms with Crippen LogP contribution in [-0.2, 0) is 0 Å². The van der Waals surface area contributed by atoms with Gasteiger partial charge in [-0.05, 0) is 38.5 Å². The first-order valence-electron chi connectivity index (χ1n) is 5.91. The predicted octanol–water partition coefficient (Wildman–Crippen LogP) is 2.12. The lowest BCUT2D eigenvalue weighted by Gasteiger charge is -2.06. The van der Waals surface area contributed by atoms with Crippen LogP contribution in [0.1, 0.15) is 30.3 Å². The molecule has 0 aliphatic heterocycles. The van der Waals surface area contributed by atoms with Crippen molar-refractivity contribution in [1.29, 1.82) is 0 Å². The van der Waals surface area contributed by atoms with Crippen LogP contribution >= 0.6 is 23.4 Å². The fraction of sp³-hybridized carbons (Fsp3) is 0.455. The molecular formula is C11H12ClN5OS. The lowest BCUT2D eigenvalue weighted by molar-refractivity contribution is 0.642. The van der Waals surface area contributed by atoms with Crippen molar-refractivity contribution < 1.29 is 0 Å². The van der Waals surface area contributed by atoms with E-state index in [0.29, 0.717) is 15.3 Å². The largest absolute Gasteiger partial charge is 0.344 e. The molecule has 2 aromatic rings. The lowest BCUT2D eigenvalue weighted by Crippen LogP contribution is -2.16. The standard InChI is InChI=1S/C11H12ClN5OS/c1-5-6(2)14-9(8(12)13-5)19-11-16-15-10(18)17(11)7-3-4-7/h7H,3-4H2,1-2H3,(H,15,18). The molecular weight excluding hydrogens is 286 g/mol. The van der Waals surface area contributed by atoms with Gasteiger partial charge in [0.05, 0.1) is 11.4 Å². The Labute approximate surface area is 118 Å². The van der Waals surface area contributed by atoms with E-state index < -0.39 is 0 Å². The van der Waals surface area contributed by atoms with E-state index in [1.165, 1.54) is 11.8 Å². The van der Waals surface area contributed by atoms with Gasteiger partial charge in [-0.1, -0.05) is 11.6 Å². The summed E-state index contributed by atoms with van der Waals surface area (Å²) in [6.07, 6.45) is 2.03. The quantitative estimate of drug-likeness (QED) is 0.939. The Hall–Kier alpha value is -1.34. The third-order valence-electron chi connectivity index (χ3n) is 3.01. The second-order valence-corrected chi connectivity index (χ2v) is 5.82. The molecule has 8 heteroatoms. The topological polar surface area (TPSA) is 76.5 Å². The molecule has 1 saturated carbocycles. The Bertz CT molecular complexity index is 691. The third-order valence-corrected chi connectivity index (χ3v) is 4.33. The number of hydrogen-bond acceptors (Lipinski definition) is 5. The fourth-order valence-electron chi connectivity index (χ4n) is 1.72. The first kappa shape index (κ1) is 12.7. The minimum absolute atomic E-state index is 0.182. The van der Waals surface area contributed by atoms with Crippen molar-refractivity contribution >= 4 is 23.4 Å². The Morgan fingerprint density at radius 3 is 2.68 bits per heavy atom. The molecule has 100 valence electrons. The molecule has 0 spiro atoms. The van der Waals surface area contributed by atoms with Gasteiger partial charge in [0.25, 0.3) is 0 Å². The van der Waals surface area contributed by atoms with Gasteiger partial charge >= 0.3 is 5.69 Å². The van der Waals surface area contributed by atoms with Gasteiger partial charge in [-0.25, -0.2) is 19.9 Å². The molecule has 0 saturated heterocycles. The first-order chi connectivity index (χ1) is 9.06. The molecule has 2 aromatic heterocycles. The van der Waals surface area contributed by atoms with Crippen molar-refractivity contribution in [3.63, 3.8) is 0 Å². The zero-order valence-electron chi connectivity index (χ0n) is 10.5. The number of nitrogens with one attached hydrogen (secondary N) is 1. The summed E-state index contributed by atoms with van der Waals surface area (Å²) in [4.78, 5) is 20.3. The second kappa shape index (κ2) is 4.64. The number of aromatic amines is 1. The summed E-state index contributed by atoms with van der Waals surface area (Å²) in [5.41, 5.74) is 1.44. The Morgan fingerprint density at radius 2 is 2.00 bits per heavy atom. The minimum Gasteiger partial charge on any atom is -0.267 e. The molecule has 1 N–H and O–H groups in total. The maximum absolute atomic E-state index is 11.7. The number of H-pyrrole nitrogens is 1. The Morgan fingerprint density at radius 1 is 1.32 bits per heavy atom. The van der Waals surface area contributed by atoms with Gasteiger partial charge in [-0.3, -0.25) is 4.57 Å². The van der Waals surface area contributed by atoms with Gasteiger partial charge in [0, 0.05) is 6.04 Å². The number of rotatable bonds is 3. The molecule has 0 atom stereocenters. The number of hydrogen-bond donors (Lipinski definition) is 1. The number of halogens is 1. The van der Waals surface area contributed by atoms with Crippen molar-refractivity contribution in [2.75, 3.05) is 0 Å². The average molecular weight is 298 g/mol. The van der Waals surface area contributed by atoms with Crippen LogP contribution in [-0.4, -0.2) is 24.7 Å². The number of aromatic nitrogens is 5. The van der Waals surface area contributed by atoms with Crippen LogP contribution in [0.25, 0.3) is 0 Å². The minimum atomic E-state index is -0.182. The van der Waals surface area contributed by atoms with Gasteiger partial charge in [-0.15, -0.1) is 5.10 Å². The van der Waals surface area contributed by atoms with Crippen LogP contribution in [0.2, 0.25) is 5.15 Å². The molecule has 0 radical (unpaired) electrons. The van der Waals surface area contributed by atoms with Gasteiger partial charge in [0.2, 0.25) is 0 Å². The molecule has 0 aromatic carbocycles. The molecule has 3 rings (SSSR count).